The van der Waals surface area contributed by atoms with Crippen molar-refractivity contribution in [2.45, 2.75) is 39.9 Å². The lowest BCUT2D eigenvalue weighted by molar-refractivity contribution is -0.135. The molecule has 11 nitrogen and oxygen atoms in total. The van der Waals surface area contributed by atoms with Crippen molar-refractivity contribution >= 4 is 17.8 Å². The number of aliphatic hydroxyl groups is 3. The van der Waals surface area contributed by atoms with Crippen molar-refractivity contribution in [2.24, 2.45) is 0 Å². The number of aromatic nitrogens is 3. The third kappa shape index (κ3) is 6.08. The molecule has 0 aliphatic rings. The van der Waals surface area contributed by atoms with Crippen LogP contribution in [0.25, 0.3) is 0 Å². The lowest BCUT2D eigenvalue weighted by Crippen LogP contribution is -2.34. The molecule has 0 amide bonds. The summed E-state index contributed by atoms with van der Waals surface area (Å²) in [6, 6.07) is 0. The second-order valence-electron chi connectivity index (χ2n) is 4.98. The maximum Gasteiger partial charge on any atom is 0.284 e. The van der Waals surface area contributed by atoms with Crippen molar-refractivity contribution < 1.29 is 25.0 Å². The smallest absolute Gasteiger partial charge is 0.284 e. The van der Waals surface area contributed by atoms with Crippen molar-refractivity contribution in [3.8, 4) is 0 Å². The quantitative estimate of drug-likeness (QED) is 0.324. The summed E-state index contributed by atoms with van der Waals surface area (Å²) in [7, 11) is 0. The van der Waals surface area contributed by atoms with Gasteiger partial charge in [-0.2, -0.15) is 15.0 Å². The highest BCUT2D eigenvalue weighted by atomic mass is 17.0. The highest BCUT2D eigenvalue weighted by molar-refractivity contribution is 5.42. The van der Waals surface area contributed by atoms with Crippen LogP contribution in [0.4, 0.5) is 17.8 Å². The molecule has 0 fully saturated rings. The minimum absolute atomic E-state index is 0.000231. The molecule has 0 aromatic carbocycles. The minimum Gasteiger partial charge on any atom is -0.376 e. The molecular weight excluding hydrogens is 308 g/mol. The van der Waals surface area contributed by atoms with Crippen molar-refractivity contribution in [3.63, 3.8) is 0 Å². The van der Waals surface area contributed by atoms with Crippen LogP contribution >= 0.6 is 0 Å². The van der Waals surface area contributed by atoms with Gasteiger partial charge in [0.1, 0.15) is 20.2 Å². The molecule has 0 aliphatic carbocycles. The van der Waals surface area contributed by atoms with E-state index in [-0.39, 0.29) is 30.1 Å². The SMILES string of the molecule is CC(C)ON(OC(C)C)c1nc(NCO)nc(N(CO)CO)n1. The van der Waals surface area contributed by atoms with Gasteiger partial charge >= 0.3 is 0 Å². The predicted molar refractivity (Wildman–Crippen MR) is 82.1 cm³/mol. The molecule has 0 aliphatic heterocycles. The zero-order chi connectivity index (χ0) is 17.4. The van der Waals surface area contributed by atoms with Crippen LogP contribution in [-0.2, 0) is 9.68 Å². The van der Waals surface area contributed by atoms with Crippen LogP contribution in [0.3, 0.4) is 0 Å². The third-order valence-electron chi connectivity index (χ3n) is 2.25. The Kier molecular flexibility index (Phi) is 7.85. The fraction of sp³-hybridized carbons (Fsp3) is 0.750. The Bertz CT molecular complexity index is 461. The topological polar surface area (TPSA) is 136 Å². The van der Waals surface area contributed by atoms with E-state index in [0.717, 1.165) is 10.1 Å². The molecule has 0 radical (unpaired) electrons. The highest BCUT2D eigenvalue weighted by Crippen LogP contribution is 2.18. The number of hydrogen-bond acceptors (Lipinski definition) is 11. The minimum atomic E-state index is -0.505. The maximum absolute atomic E-state index is 9.24. The lowest BCUT2D eigenvalue weighted by atomic mass is 10.5. The van der Waals surface area contributed by atoms with E-state index < -0.39 is 20.2 Å². The Balaban J connectivity index is 3.22. The van der Waals surface area contributed by atoms with Gasteiger partial charge < -0.3 is 20.6 Å². The number of aliphatic hydroxyl groups excluding tert-OH is 3. The molecule has 1 rings (SSSR count). The van der Waals surface area contributed by atoms with Crippen LogP contribution in [-0.4, -0.2) is 62.7 Å². The molecule has 0 saturated carbocycles. The summed E-state index contributed by atoms with van der Waals surface area (Å²) in [5.74, 6) is 0.0185. The number of hydrogen-bond donors (Lipinski definition) is 4. The molecule has 1 aromatic heterocycles. The summed E-state index contributed by atoms with van der Waals surface area (Å²) >= 11 is 0. The monoisotopic (exact) mass is 332 g/mol. The number of rotatable bonds is 10. The zero-order valence-corrected chi connectivity index (χ0v) is 13.7. The van der Waals surface area contributed by atoms with E-state index in [1.165, 1.54) is 0 Å². The van der Waals surface area contributed by atoms with Gasteiger partial charge in [-0.25, -0.2) is 9.68 Å². The third-order valence-corrected chi connectivity index (χ3v) is 2.25. The van der Waals surface area contributed by atoms with Gasteiger partial charge in [0.05, 0.1) is 12.2 Å². The van der Waals surface area contributed by atoms with Crippen LogP contribution in [0.1, 0.15) is 27.7 Å². The van der Waals surface area contributed by atoms with Gasteiger partial charge in [0.15, 0.2) is 0 Å². The normalized spacial score (nSPS) is 11.2. The maximum atomic E-state index is 9.24. The number of nitrogens with one attached hydrogen (secondary N) is 1. The van der Waals surface area contributed by atoms with Crippen molar-refractivity contribution in [2.75, 3.05) is 35.6 Å². The molecule has 132 valence electrons. The van der Waals surface area contributed by atoms with Crippen molar-refractivity contribution in [1.29, 1.82) is 0 Å². The first-order chi connectivity index (χ1) is 10.9. The second kappa shape index (κ2) is 9.37. The molecule has 0 bridgehead atoms. The first-order valence-corrected chi connectivity index (χ1v) is 7.12. The Morgan fingerprint density at radius 2 is 1.43 bits per heavy atom. The van der Waals surface area contributed by atoms with Gasteiger partial charge in [-0.3, -0.25) is 4.90 Å². The van der Waals surface area contributed by atoms with Crippen molar-refractivity contribution in [1.82, 2.24) is 15.0 Å². The molecule has 1 aromatic rings. The zero-order valence-electron chi connectivity index (χ0n) is 13.7. The lowest BCUT2D eigenvalue weighted by Gasteiger charge is -2.25. The van der Waals surface area contributed by atoms with Crippen LogP contribution in [0.2, 0.25) is 0 Å². The van der Waals surface area contributed by atoms with Gasteiger partial charge in [-0.1, -0.05) is 5.23 Å². The second-order valence-corrected chi connectivity index (χ2v) is 4.98. The molecule has 23 heavy (non-hydrogen) atoms. The standard InChI is InChI=1S/C12H24N6O5/c1-8(2)22-18(23-9(3)4)12-15-10(13-5-19)14-11(16-12)17(6-20)7-21/h8-9,19-21H,5-7H2,1-4H3,(H,13,14,15,16). The summed E-state index contributed by atoms with van der Waals surface area (Å²) < 4.78 is 0. The van der Waals surface area contributed by atoms with Gasteiger partial charge in [0.2, 0.25) is 11.9 Å². The molecule has 0 unspecified atom stereocenters. The molecule has 0 atom stereocenters. The van der Waals surface area contributed by atoms with E-state index in [0.29, 0.717) is 0 Å². The van der Waals surface area contributed by atoms with E-state index in [2.05, 4.69) is 20.3 Å². The average molecular weight is 332 g/mol. The van der Waals surface area contributed by atoms with E-state index >= 15 is 0 Å². The Morgan fingerprint density at radius 1 is 0.913 bits per heavy atom. The molecular formula is C12H24N6O5. The van der Waals surface area contributed by atoms with Gasteiger partial charge in [0, 0.05) is 0 Å². The first kappa shape index (κ1) is 19.3. The van der Waals surface area contributed by atoms with Gasteiger partial charge in [-0.05, 0) is 27.7 Å². The van der Waals surface area contributed by atoms with E-state index in [4.69, 9.17) is 14.8 Å². The molecule has 0 saturated heterocycles. The highest BCUT2D eigenvalue weighted by Gasteiger charge is 2.20. The van der Waals surface area contributed by atoms with Crippen molar-refractivity contribution in [3.05, 3.63) is 0 Å². The van der Waals surface area contributed by atoms with E-state index in [1.54, 1.807) is 27.7 Å². The summed E-state index contributed by atoms with van der Waals surface area (Å²) in [5, 5.41) is 31.0. The van der Waals surface area contributed by atoms with Crippen LogP contribution < -0.4 is 15.4 Å². The predicted octanol–water partition coefficient (Wildman–Crippen LogP) is -0.574. The number of nitrogens with zero attached hydrogens (tertiary/aromatic N) is 5. The van der Waals surface area contributed by atoms with E-state index in [9.17, 15) is 10.2 Å². The molecule has 1 heterocycles. The van der Waals surface area contributed by atoms with Gasteiger partial charge in [-0.15, -0.1) is 0 Å². The molecule has 11 heteroatoms. The Morgan fingerprint density at radius 3 is 1.87 bits per heavy atom. The average Bonchev–Trinajstić information content (AvgIpc) is 2.47. The summed E-state index contributed by atoms with van der Waals surface area (Å²) in [6.07, 6.45) is -0.426. The Labute approximate surface area is 134 Å². The Hall–Kier alpha value is -1.79. The fourth-order valence-corrected chi connectivity index (χ4v) is 1.40. The largest absolute Gasteiger partial charge is 0.376 e. The molecule has 0 spiro atoms. The first-order valence-electron chi connectivity index (χ1n) is 7.12. The summed E-state index contributed by atoms with van der Waals surface area (Å²) in [4.78, 5) is 24.2. The van der Waals surface area contributed by atoms with Gasteiger partial charge in [0.25, 0.3) is 5.95 Å². The summed E-state index contributed by atoms with van der Waals surface area (Å²) in [6.45, 7) is 5.80. The molecule has 4 N–H and O–H groups in total. The fourth-order valence-electron chi connectivity index (χ4n) is 1.40. The van der Waals surface area contributed by atoms with Crippen LogP contribution in [0, 0.1) is 0 Å². The van der Waals surface area contributed by atoms with Crippen LogP contribution in [0.5, 0.6) is 0 Å². The number of anilines is 3. The van der Waals surface area contributed by atoms with E-state index in [1.807, 2.05) is 0 Å². The van der Waals surface area contributed by atoms with Crippen LogP contribution in [0.15, 0.2) is 0 Å². The summed E-state index contributed by atoms with van der Waals surface area (Å²) in [5.41, 5.74) is 0.